The average Bonchev–Trinajstić information content (AvgIpc) is 2.38. The summed E-state index contributed by atoms with van der Waals surface area (Å²) in [5, 5.41) is 18.9. The zero-order valence-electron chi connectivity index (χ0n) is 11.5. The van der Waals surface area contributed by atoms with Gasteiger partial charge in [0.25, 0.3) is 0 Å². The van der Waals surface area contributed by atoms with Crippen molar-refractivity contribution >= 4 is 33.6 Å². The second-order valence-corrected chi connectivity index (χ2v) is 6.77. The molecule has 0 fully saturated rings. The number of rotatable bonds is 6. The van der Waals surface area contributed by atoms with Crippen LogP contribution in [-0.4, -0.2) is 32.0 Å². The molecule has 3 N–H and O–H groups in total. The summed E-state index contributed by atoms with van der Waals surface area (Å²) in [7, 11) is -3.49. The van der Waals surface area contributed by atoms with Gasteiger partial charge in [-0.15, -0.1) is 0 Å². The topological polar surface area (TPSA) is 107 Å². The van der Waals surface area contributed by atoms with Crippen LogP contribution < -0.4 is 5.32 Å². The third-order valence-electron chi connectivity index (χ3n) is 2.84. The van der Waals surface area contributed by atoms with E-state index in [0.29, 0.717) is 11.1 Å². The second-order valence-electron chi connectivity index (χ2n) is 4.35. The number of sulfone groups is 1. The first-order chi connectivity index (χ1) is 9.68. The van der Waals surface area contributed by atoms with Crippen LogP contribution in [0.15, 0.2) is 28.3 Å². The van der Waals surface area contributed by atoms with Gasteiger partial charge in [0.1, 0.15) is 0 Å². The Bertz CT molecular complexity index is 711. The summed E-state index contributed by atoms with van der Waals surface area (Å²) in [5.41, 5.74) is 0.779. The smallest absolute Gasteiger partial charge is 0.335 e. The van der Waals surface area contributed by atoms with E-state index in [9.17, 15) is 13.2 Å². The molecule has 0 aromatic heterocycles. The molecular formula is C13H15ClN2O4S. The molecular weight excluding hydrogens is 316 g/mol. The lowest BCUT2D eigenvalue weighted by molar-refractivity contribution is 0.0696. The van der Waals surface area contributed by atoms with Gasteiger partial charge >= 0.3 is 5.97 Å². The molecule has 0 atom stereocenters. The van der Waals surface area contributed by atoms with E-state index in [2.05, 4.69) is 5.32 Å². The quantitative estimate of drug-likeness (QED) is 0.691. The van der Waals surface area contributed by atoms with Gasteiger partial charge in [0, 0.05) is 25.2 Å². The molecule has 0 aliphatic heterocycles. The van der Waals surface area contributed by atoms with Crippen LogP contribution in [0.5, 0.6) is 0 Å². The first-order valence-corrected chi connectivity index (χ1v) is 8.10. The third kappa shape index (κ3) is 4.30. The fraction of sp³-hybridized carbons (Fsp3) is 0.231. The fourth-order valence-corrected chi connectivity index (χ4v) is 2.89. The minimum atomic E-state index is -3.49. The largest absolute Gasteiger partial charge is 0.478 e. The number of allylic oxidation sites excluding steroid dienone is 1. The van der Waals surface area contributed by atoms with Gasteiger partial charge in [-0.3, -0.25) is 0 Å². The first kappa shape index (κ1) is 17.2. The highest BCUT2D eigenvalue weighted by Gasteiger charge is 2.19. The summed E-state index contributed by atoms with van der Waals surface area (Å²) >= 11 is 5.63. The van der Waals surface area contributed by atoms with Gasteiger partial charge in [0.05, 0.1) is 15.5 Å². The second kappa shape index (κ2) is 6.73. The lowest BCUT2D eigenvalue weighted by Crippen LogP contribution is -2.14. The summed E-state index contributed by atoms with van der Waals surface area (Å²) in [4.78, 5) is 11.2. The average molecular weight is 331 g/mol. The standard InChI is InChI=1S/C13H15ClN2O4S/c1-8-10(13(17)18)3-4-12(21(2,19)20)11(8)7-16-6-9(14)5-15/h3-6,15-16H,7H2,1-2H3,(H,17,18)/b9-6+,15-5?. The number of carboxylic acid groups (broad SMARTS) is 1. The number of carbonyl (C=O) groups is 1. The molecule has 0 saturated carbocycles. The molecule has 0 spiro atoms. The van der Waals surface area contributed by atoms with Gasteiger partial charge in [-0.05, 0) is 30.2 Å². The Labute approximate surface area is 127 Å². The molecule has 0 saturated heterocycles. The summed E-state index contributed by atoms with van der Waals surface area (Å²) < 4.78 is 23.6. The summed E-state index contributed by atoms with van der Waals surface area (Å²) in [6.45, 7) is 1.64. The van der Waals surface area contributed by atoms with E-state index in [1.165, 1.54) is 18.3 Å². The van der Waals surface area contributed by atoms with E-state index in [1.54, 1.807) is 6.92 Å². The highest BCUT2D eigenvalue weighted by atomic mass is 35.5. The molecule has 0 aliphatic rings. The maximum atomic E-state index is 11.8. The molecule has 0 heterocycles. The predicted octanol–water partition coefficient (Wildman–Crippen LogP) is 1.92. The lowest BCUT2D eigenvalue weighted by Gasteiger charge is -2.14. The Hall–Kier alpha value is -1.86. The number of aromatic carboxylic acids is 1. The number of nitrogens with one attached hydrogen (secondary N) is 2. The Morgan fingerprint density at radius 2 is 2.10 bits per heavy atom. The van der Waals surface area contributed by atoms with Gasteiger partial charge in [-0.1, -0.05) is 11.6 Å². The van der Waals surface area contributed by atoms with Crippen molar-refractivity contribution in [2.75, 3.05) is 6.26 Å². The van der Waals surface area contributed by atoms with E-state index < -0.39 is 15.8 Å². The number of halogens is 1. The summed E-state index contributed by atoms with van der Waals surface area (Å²) in [6, 6.07) is 2.56. The fourth-order valence-electron chi connectivity index (χ4n) is 1.82. The predicted molar refractivity (Wildman–Crippen MR) is 80.8 cm³/mol. The minimum absolute atomic E-state index is 0.0429. The van der Waals surface area contributed by atoms with Crippen molar-refractivity contribution in [3.63, 3.8) is 0 Å². The molecule has 0 aliphatic carbocycles. The number of hydrogen-bond acceptors (Lipinski definition) is 5. The highest BCUT2D eigenvalue weighted by Crippen LogP contribution is 2.23. The van der Waals surface area contributed by atoms with Crippen molar-refractivity contribution in [1.29, 1.82) is 5.41 Å². The highest BCUT2D eigenvalue weighted by molar-refractivity contribution is 7.90. The van der Waals surface area contributed by atoms with Crippen LogP contribution in [0.3, 0.4) is 0 Å². The van der Waals surface area contributed by atoms with Crippen molar-refractivity contribution in [3.8, 4) is 0 Å². The Kier molecular flexibility index (Phi) is 5.51. The van der Waals surface area contributed by atoms with Gasteiger partial charge in [0.2, 0.25) is 0 Å². The van der Waals surface area contributed by atoms with Crippen LogP contribution in [-0.2, 0) is 16.4 Å². The Morgan fingerprint density at radius 3 is 2.57 bits per heavy atom. The van der Waals surface area contributed by atoms with E-state index in [-0.39, 0.29) is 22.0 Å². The zero-order chi connectivity index (χ0) is 16.2. The summed E-state index contributed by atoms with van der Waals surface area (Å²) in [5.74, 6) is -1.12. The van der Waals surface area contributed by atoms with Crippen molar-refractivity contribution in [1.82, 2.24) is 5.32 Å². The normalized spacial score (nSPS) is 12.0. The molecule has 0 unspecified atom stereocenters. The van der Waals surface area contributed by atoms with Crippen molar-refractivity contribution in [3.05, 3.63) is 40.1 Å². The van der Waals surface area contributed by atoms with Gasteiger partial charge < -0.3 is 15.8 Å². The molecule has 1 aromatic carbocycles. The van der Waals surface area contributed by atoms with Crippen LogP contribution in [0.2, 0.25) is 0 Å². The number of carboxylic acids is 1. The van der Waals surface area contributed by atoms with Crippen LogP contribution >= 0.6 is 11.6 Å². The van der Waals surface area contributed by atoms with E-state index in [4.69, 9.17) is 22.1 Å². The van der Waals surface area contributed by atoms with Gasteiger partial charge in [0.15, 0.2) is 9.84 Å². The zero-order valence-corrected chi connectivity index (χ0v) is 13.0. The van der Waals surface area contributed by atoms with Crippen molar-refractivity contribution in [2.24, 2.45) is 0 Å². The number of benzene rings is 1. The molecule has 8 heteroatoms. The SMILES string of the molecule is Cc1c(C(=O)O)ccc(S(C)(=O)=O)c1CN/C=C(/Cl)C=N. The van der Waals surface area contributed by atoms with E-state index in [0.717, 1.165) is 12.5 Å². The molecule has 1 aromatic rings. The van der Waals surface area contributed by atoms with E-state index >= 15 is 0 Å². The maximum absolute atomic E-state index is 11.8. The van der Waals surface area contributed by atoms with Gasteiger partial charge in [-0.25, -0.2) is 13.2 Å². The lowest BCUT2D eigenvalue weighted by atomic mass is 10.0. The molecule has 1 rings (SSSR count). The van der Waals surface area contributed by atoms with E-state index in [1.807, 2.05) is 0 Å². The van der Waals surface area contributed by atoms with Crippen molar-refractivity contribution in [2.45, 2.75) is 18.4 Å². The van der Waals surface area contributed by atoms with Crippen LogP contribution in [0.1, 0.15) is 21.5 Å². The molecule has 114 valence electrons. The number of hydrogen-bond donors (Lipinski definition) is 3. The third-order valence-corrected chi connectivity index (χ3v) is 4.24. The Morgan fingerprint density at radius 1 is 1.48 bits per heavy atom. The molecule has 0 radical (unpaired) electrons. The maximum Gasteiger partial charge on any atom is 0.335 e. The Balaban J connectivity index is 3.33. The minimum Gasteiger partial charge on any atom is -0.478 e. The monoisotopic (exact) mass is 330 g/mol. The van der Waals surface area contributed by atoms with Crippen LogP contribution in [0.25, 0.3) is 0 Å². The van der Waals surface area contributed by atoms with Crippen LogP contribution in [0.4, 0.5) is 0 Å². The molecule has 0 amide bonds. The molecule has 6 nitrogen and oxygen atoms in total. The summed E-state index contributed by atoms with van der Waals surface area (Å²) in [6.07, 6.45) is 3.33. The van der Waals surface area contributed by atoms with Crippen molar-refractivity contribution < 1.29 is 18.3 Å². The van der Waals surface area contributed by atoms with Gasteiger partial charge in [-0.2, -0.15) is 0 Å². The first-order valence-electron chi connectivity index (χ1n) is 5.83. The van der Waals surface area contributed by atoms with Crippen LogP contribution in [0, 0.1) is 12.3 Å². The molecule has 21 heavy (non-hydrogen) atoms. The molecule has 0 bridgehead atoms.